The Morgan fingerprint density at radius 3 is 2.81 bits per heavy atom. The predicted molar refractivity (Wildman–Crippen MR) is 103 cm³/mol. The molecule has 0 N–H and O–H groups in total. The summed E-state index contributed by atoms with van der Waals surface area (Å²) in [6.07, 6.45) is 1.02. The number of piperazine rings is 1. The largest absolute Gasteiger partial charge is 0.309 e. The van der Waals surface area contributed by atoms with Crippen molar-refractivity contribution >= 4 is 22.9 Å². The van der Waals surface area contributed by atoms with Crippen LogP contribution in [0.5, 0.6) is 0 Å². The summed E-state index contributed by atoms with van der Waals surface area (Å²) in [6.45, 7) is 6.04. The Morgan fingerprint density at radius 1 is 1.23 bits per heavy atom. The lowest BCUT2D eigenvalue weighted by Gasteiger charge is -2.47. The molecule has 4 rings (SSSR count). The smallest absolute Gasteiger partial charge is 0.241 e. The normalized spacial score (nSPS) is 24.7. The molecule has 1 amide bonds. The first-order valence-corrected chi connectivity index (χ1v) is 9.82. The minimum Gasteiger partial charge on any atom is -0.309 e. The van der Waals surface area contributed by atoms with Crippen LogP contribution in [0.25, 0.3) is 0 Å². The van der Waals surface area contributed by atoms with Crippen LogP contribution < -0.4 is 4.90 Å². The van der Waals surface area contributed by atoms with E-state index in [1.165, 1.54) is 21.9 Å². The van der Waals surface area contributed by atoms with Gasteiger partial charge in [-0.15, -0.1) is 11.3 Å². The summed E-state index contributed by atoms with van der Waals surface area (Å²) in [7, 11) is 2.04. The SMILES string of the molecule is Cc1ccc(CN2CCC3(C2)CN(c2cccc(F)c2)C(=O)CN3C)s1. The van der Waals surface area contributed by atoms with E-state index in [0.29, 0.717) is 18.8 Å². The van der Waals surface area contributed by atoms with Crippen LogP contribution in [0.2, 0.25) is 0 Å². The fourth-order valence-corrected chi connectivity index (χ4v) is 5.08. The molecule has 1 spiro atoms. The Morgan fingerprint density at radius 2 is 2.08 bits per heavy atom. The van der Waals surface area contributed by atoms with E-state index in [-0.39, 0.29) is 17.3 Å². The highest BCUT2D eigenvalue weighted by Gasteiger charge is 2.47. The average molecular weight is 373 g/mol. The summed E-state index contributed by atoms with van der Waals surface area (Å²) in [6, 6.07) is 10.7. The third-order valence-electron chi connectivity index (χ3n) is 5.64. The average Bonchev–Trinajstić information content (AvgIpc) is 3.19. The number of aryl methyl sites for hydroxylation is 1. The van der Waals surface area contributed by atoms with Crippen molar-refractivity contribution in [2.45, 2.75) is 25.4 Å². The first-order valence-electron chi connectivity index (χ1n) is 9.00. The minimum atomic E-state index is -0.301. The number of likely N-dealkylation sites (tertiary alicyclic amines) is 1. The van der Waals surface area contributed by atoms with Crippen molar-refractivity contribution in [3.63, 3.8) is 0 Å². The van der Waals surface area contributed by atoms with E-state index in [1.807, 2.05) is 24.5 Å². The zero-order valence-electron chi connectivity index (χ0n) is 15.2. The molecule has 2 aliphatic heterocycles. The highest BCUT2D eigenvalue weighted by molar-refractivity contribution is 7.11. The second-order valence-electron chi connectivity index (χ2n) is 7.51. The number of hydrogen-bond acceptors (Lipinski definition) is 4. The van der Waals surface area contributed by atoms with E-state index in [0.717, 1.165) is 26.1 Å². The molecule has 2 aliphatic rings. The van der Waals surface area contributed by atoms with Gasteiger partial charge in [0.05, 0.1) is 12.1 Å². The zero-order valence-corrected chi connectivity index (χ0v) is 16.1. The topological polar surface area (TPSA) is 26.8 Å². The first-order chi connectivity index (χ1) is 12.4. The van der Waals surface area contributed by atoms with Crippen LogP contribution in [0.1, 0.15) is 16.2 Å². The van der Waals surface area contributed by atoms with Gasteiger partial charge in [-0.25, -0.2) is 4.39 Å². The molecule has 0 bridgehead atoms. The minimum absolute atomic E-state index is 0.0380. The first kappa shape index (κ1) is 17.6. The predicted octanol–water partition coefficient (Wildman–Crippen LogP) is 3.12. The molecule has 6 heteroatoms. The molecule has 1 aromatic heterocycles. The number of anilines is 1. The van der Waals surface area contributed by atoms with E-state index in [1.54, 1.807) is 11.0 Å². The lowest BCUT2D eigenvalue weighted by atomic mass is 9.92. The molecule has 4 nitrogen and oxygen atoms in total. The van der Waals surface area contributed by atoms with Crippen LogP contribution in [-0.4, -0.2) is 54.5 Å². The number of carbonyl (C=O) groups is 1. The van der Waals surface area contributed by atoms with Crippen LogP contribution in [-0.2, 0) is 11.3 Å². The third kappa shape index (κ3) is 3.29. The Kier molecular flexibility index (Phi) is 4.59. The molecule has 2 saturated heterocycles. The summed E-state index contributed by atoms with van der Waals surface area (Å²) in [5.74, 6) is -0.263. The van der Waals surface area contributed by atoms with E-state index in [4.69, 9.17) is 0 Å². The van der Waals surface area contributed by atoms with Gasteiger partial charge in [-0.2, -0.15) is 0 Å². The quantitative estimate of drug-likeness (QED) is 0.827. The van der Waals surface area contributed by atoms with Crippen molar-refractivity contribution < 1.29 is 9.18 Å². The van der Waals surface area contributed by atoms with Crippen LogP contribution >= 0.6 is 11.3 Å². The second kappa shape index (κ2) is 6.76. The van der Waals surface area contributed by atoms with Gasteiger partial charge >= 0.3 is 0 Å². The monoisotopic (exact) mass is 373 g/mol. The summed E-state index contributed by atoms with van der Waals surface area (Å²) in [4.78, 5) is 21.7. The second-order valence-corrected chi connectivity index (χ2v) is 8.89. The number of carbonyl (C=O) groups excluding carboxylic acids is 1. The summed E-state index contributed by atoms with van der Waals surface area (Å²) in [5.41, 5.74) is 0.599. The van der Waals surface area contributed by atoms with Gasteiger partial charge in [-0.3, -0.25) is 14.6 Å². The lowest BCUT2D eigenvalue weighted by Crippen LogP contribution is -2.64. The summed E-state index contributed by atoms with van der Waals surface area (Å²) >= 11 is 1.85. The number of likely N-dealkylation sites (N-methyl/N-ethyl adjacent to an activating group) is 1. The number of halogens is 1. The van der Waals surface area contributed by atoms with Gasteiger partial charge in [-0.1, -0.05) is 6.07 Å². The maximum Gasteiger partial charge on any atom is 0.241 e. The third-order valence-corrected chi connectivity index (χ3v) is 6.63. The van der Waals surface area contributed by atoms with E-state index >= 15 is 0 Å². The number of hydrogen-bond donors (Lipinski definition) is 0. The number of amides is 1. The zero-order chi connectivity index (χ0) is 18.3. The van der Waals surface area contributed by atoms with Crippen molar-refractivity contribution in [1.82, 2.24) is 9.80 Å². The standard InChI is InChI=1S/C20H24FN3OS/c1-15-6-7-18(26-15)11-23-9-8-20(13-23)14-24(19(25)12-22(20)2)17-5-3-4-16(21)10-17/h3-7,10H,8-9,11-14H2,1-2H3. The van der Waals surface area contributed by atoms with Crippen LogP contribution in [0.4, 0.5) is 10.1 Å². The molecule has 1 unspecified atom stereocenters. The molecule has 2 aromatic rings. The lowest BCUT2D eigenvalue weighted by molar-refractivity contribution is -0.123. The molecule has 1 aromatic carbocycles. The van der Waals surface area contributed by atoms with Crippen molar-refractivity contribution in [3.8, 4) is 0 Å². The molecule has 0 aliphatic carbocycles. The molecular formula is C20H24FN3OS. The Labute approximate surface area is 157 Å². The molecule has 1 atom stereocenters. The van der Waals surface area contributed by atoms with Gasteiger partial charge in [0.2, 0.25) is 5.91 Å². The molecule has 0 saturated carbocycles. The van der Waals surface area contributed by atoms with Crippen LogP contribution in [0, 0.1) is 12.7 Å². The molecule has 2 fully saturated rings. The van der Waals surface area contributed by atoms with Crippen LogP contribution in [0.3, 0.4) is 0 Å². The Hall–Kier alpha value is -1.76. The Bertz CT molecular complexity index is 823. The van der Waals surface area contributed by atoms with Gasteiger partial charge in [0.15, 0.2) is 0 Å². The number of rotatable bonds is 3. The van der Waals surface area contributed by atoms with Crippen molar-refractivity contribution in [2.75, 3.05) is 38.1 Å². The fourth-order valence-electron chi connectivity index (χ4n) is 4.15. The van der Waals surface area contributed by atoms with Gasteiger partial charge in [0.1, 0.15) is 5.82 Å². The van der Waals surface area contributed by atoms with Crippen molar-refractivity contribution in [2.24, 2.45) is 0 Å². The highest BCUT2D eigenvalue weighted by Crippen LogP contribution is 2.34. The van der Waals surface area contributed by atoms with Gasteiger partial charge in [0, 0.05) is 41.6 Å². The number of thiophene rings is 1. The molecule has 26 heavy (non-hydrogen) atoms. The molecule has 0 radical (unpaired) electrons. The summed E-state index contributed by atoms with van der Waals surface area (Å²) in [5, 5.41) is 0. The number of nitrogens with zero attached hydrogens (tertiary/aromatic N) is 3. The van der Waals surface area contributed by atoms with E-state index in [2.05, 4.69) is 28.9 Å². The van der Waals surface area contributed by atoms with E-state index in [9.17, 15) is 9.18 Å². The molecule has 138 valence electrons. The summed E-state index contributed by atoms with van der Waals surface area (Å²) < 4.78 is 13.6. The molecular weight excluding hydrogens is 349 g/mol. The fraction of sp³-hybridized carbons (Fsp3) is 0.450. The van der Waals surface area contributed by atoms with E-state index < -0.39 is 0 Å². The van der Waals surface area contributed by atoms with Gasteiger partial charge < -0.3 is 4.90 Å². The maximum absolute atomic E-state index is 13.6. The van der Waals surface area contributed by atoms with Crippen molar-refractivity contribution in [3.05, 3.63) is 52.0 Å². The highest BCUT2D eigenvalue weighted by atomic mass is 32.1. The maximum atomic E-state index is 13.6. The van der Waals surface area contributed by atoms with Crippen molar-refractivity contribution in [1.29, 1.82) is 0 Å². The van der Waals surface area contributed by atoms with Crippen LogP contribution in [0.15, 0.2) is 36.4 Å². The van der Waals surface area contributed by atoms with Gasteiger partial charge in [-0.05, 0) is 50.7 Å². The molecule has 3 heterocycles. The number of benzene rings is 1. The Balaban J connectivity index is 1.52. The van der Waals surface area contributed by atoms with Gasteiger partial charge in [0.25, 0.3) is 0 Å².